The SMILES string of the molecule is Oc1c(F)cc(Cl)cc1[C@@H](CF)N1CCNCC1. The number of nitrogens with one attached hydrogen (secondary N) is 1. The molecule has 1 aliphatic rings. The Hall–Kier alpha value is -0.910. The fourth-order valence-corrected chi connectivity index (χ4v) is 2.42. The first kappa shape index (κ1) is 13.5. The number of phenolic OH excluding ortho intramolecular Hbond substituents is 1. The van der Waals surface area contributed by atoms with Crippen LogP contribution in [0.15, 0.2) is 12.1 Å². The molecular weight excluding hydrogens is 262 g/mol. The molecule has 0 bridgehead atoms. The Bertz CT molecular complexity index is 425. The molecule has 100 valence electrons. The Morgan fingerprint density at radius 3 is 2.67 bits per heavy atom. The Kier molecular flexibility index (Phi) is 4.37. The number of aromatic hydroxyl groups is 1. The number of hydrogen-bond acceptors (Lipinski definition) is 3. The van der Waals surface area contributed by atoms with E-state index in [9.17, 15) is 13.9 Å². The molecule has 0 aromatic heterocycles. The third-order valence-corrected chi connectivity index (χ3v) is 3.37. The zero-order valence-corrected chi connectivity index (χ0v) is 10.6. The molecule has 0 amide bonds. The van der Waals surface area contributed by atoms with Gasteiger partial charge in [0.05, 0.1) is 6.04 Å². The number of nitrogens with zero attached hydrogens (tertiary/aromatic N) is 1. The molecule has 0 radical (unpaired) electrons. The molecule has 2 N–H and O–H groups in total. The van der Waals surface area contributed by atoms with Gasteiger partial charge in [-0.15, -0.1) is 0 Å². The smallest absolute Gasteiger partial charge is 0.166 e. The molecule has 18 heavy (non-hydrogen) atoms. The maximum atomic E-state index is 13.4. The van der Waals surface area contributed by atoms with Crippen molar-refractivity contribution in [1.29, 1.82) is 0 Å². The van der Waals surface area contributed by atoms with Crippen LogP contribution < -0.4 is 5.32 Å². The second kappa shape index (κ2) is 5.82. The summed E-state index contributed by atoms with van der Waals surface area (Å²) in [5.41, 5.74) is 0.212. The Labute approximate surface area is 109 Å². The Balaban J connectivity index is 2.31. The first-order valence-electron chi connectivity index (χ1n) is 5.82. The van der Waals surface area contributed by atoms with Crippen LogP contribution in [0.2, 0.25) is 5.02 Å². The lowest BCUT2D eigenvalue weighted by atomic mass is 10.0. The molecule has 1 aromatic rings. The molecule has 1 aromatic carbocycles. The summed E-state index contributed by atoms with van der Waals surface area (Å²) in [4.78, 5) is 1.88. The highest BCUT2D eigenvalue weighted by Crippen LogP contribution is 2.34. The van der Waals surface area contributed by atoms with Gasteiger partial charge in [0.15, 0.2) is 11.6 Å². The minimum atomic E-state index is -0.814. The van der Waals surface area contributed by atoms with Gasteiger partial charge in [-0.2, -0.15) is 0 Å². The molecule has 1 atom stereocenters. The van der Waals surface area contributed by atoms with Gasteiger partial charge in [-0.05, 0) is 12.1 Å². The van der Waals surface area contributed by atoms with Gasteiger partial charge in [-0.1, -0.05) is 11.6 Å². The highest BCUT2D eigenvalue weighted by molar-refractivity contribution is 6.30. The lowest BCUT2D eigenvalue weighted by Gasteiger charge is -2.34. The molecule has 0 spiro atoms. The number of alkyl halides is 1. The minimum Gasteiger partial charge on any atom is -0.505 e. The van der Waals surface area contributed by atoms with Crippen LogP contribution in [0, 0.1) is 5.82 Å². The summed E-state index contributed by atoms with van der Waals surface area (Å²) in [5, 5.41) is 13.0. The van der Waals surface area contributed by atoms with Crippen molar-refractivity contribution < 1.29 is 13.9 Å². The van der Waals surface area contributed by atoms with Crippen LogP contribution in [0.4, 0.5) is 8.78 Å². The summed E-state index contributed by atoms with van der Waals surface area (Å²) in [6.45, 7) is 2.12. The van der Waals surface area contributed by atoms with Crippen molar-refractivity contribution >= 4 is 11.6 Å². The number of rotatable bonds is 3. The molecule has 1 aliphatic heterocycles. The van der Waals surface area contributed by atoms with Gasteiger partial charge in [-0.3, -0.25) is 4.90 Å². The van der Waals surface area contributed by atoms with Gasteiger partial charge in [0.1, 0.15) is 6.67 Å². The lowest BCUT2D eigenvalue weighted by Crippen LogP contribution is -2.45. The van der Waals surface area contributed by atoms with E-state index in [1.54, 1.807) is 0 Å². The summed E-state index contributed by atoms with van der Waals surface area (Å²) in [5.74, 6) is -1.33. The standard InChI is InChI=1S/C12H15ClF2N2O/c13-8-5-9(12(18)10(15)6-8)11(7-14)17-3-1-16-2-4-17/h5-6,11,16,18H,1-4,7H2/t11-/m1/s1. The van der Waals surface area contributed by atoms with E-state index in [1.807, 2.05) is 4.90 Å². The van der Waals surface area contributed by atoms with Crippen LogP contribution in [0.5, 0.6) is 5.75 Å². The van der Waals surface area contributed by atoms with Crippen LogP contribution in [0.25, 0.3) is 0 Å². The monoisotopic (exact) mass is 276 g/mol. The summed E-state index contributed by atoms with van der Waals surface area (Å²) in [6, 6.07) is 1.79. The quantitative estimate of drug-likeness (QED) is 0.887. The lowest BCUT2D eigenvalue weighted by molar-refractivity contribution is 0.144. The van der Waals surface area contributed by atoms with E-state index in [-0.39, 0.29) is 10.6 Å². The third kappa shape index (κ3) is 2.74. The van der Waals surface area contributed by atoms with Crippen molar-refractivity contribution in [3.63, 3.8) is 0 Å². The predicted molar refractivity (Wildman–Crippen MR) is 66.2 cm³/mol. The average molecular weight is 277 g/mol. The highest BCUT2D eigenvalue weighted by atomic mass is 35.5. The molecule has 1 saturated heterocycles. The largest absolute Gasteiger partial charge is 0.505 e. The topological polar surface area (TPSA) is 35.5 Å². The van der Waals surface area contributed by atoms with Crippen LogP contribution >= 0.6 is 11.6 Å². The van der Waals surface area contributed by atoms with Crippen molar-refractivity contribution in [3.05, 3.63) is 28.5 Å². The van der Waals surface area contributed by atoms with Crippen LogP contribution in [0.3, 0.4) is 0 Å². The average Bonchev–Trinajstić information content (AvgIpc) is 2.37. The van der Waals surface area contributed by atoms with Crippen molar-refractivity contribution in [2.45, 2.75) is 6.04 Å². The van der Waals surface area contributed by atoms with Gasteiger partial charge in [0.2, 0.25) is 0 Å². The van der Waals surface area contributed by atoms with E-state index in [0.717, 1.165) is 19.2 Å². The van der Waals surface area contributed by atoms with Gasteiger partial charge in [0, 0.05) is 36.8 Å². The fourth-order valence-electron chi connectivity index (χ4n) is 2.21. The highest BCUT2D eigenvalue weighted by Gasteiger charge is 2.26. The number of halogens is 3. The molecule has 0 saturated carbocycles. The molecule has 3 nitrogen and oxygen atoms in total. The minimum absolute atomic E-state index is 0.161. The van der Waals surface area contributed by atoms with Gasteiger partial charge in [-0.25, -0.2) is 8.78 Å². The zero-order chi connectivity index (χ0) is 13.1. The summed E-state index contributed by atoms with van der Waals surface area (Å²) < 4.78 is 26.6. The van der Waals surface area contributed by atoms with Gasteiger partial charge >= 0.3 is 0 Å². The van der Waals surface area contributed by atoms with Crippen molar-refractivity contribution in [1.82, 2.24) is 10.2 Å². The second-order valence-electron chi connectivity index (χ2n) is 4.28. The molecule has 1 heterocycles. The van der Waals surface area contributed by atoms with Crippen molar-refractivity contribution in [2.75, 3.05) is 32.9 Å². The zero-order valence-electron chi connectivity index (χ0n) is 9.80. The van der Waals surface area contributed by atoms with Gasteiger partial charge in [0.25, 0.3) is 0 Å². The van der Waals surface area contributed by atoms with Gasteiger partial charge < -0.3 is 10.4 Å². The third-order valence-electron chi connectivity index (χ3n) is 3.16. The maximum Gasteiger partial charge on any atom is 0.166 e. The number of piperazine rings is 1. The number of phenols is 1. The van der Waals surface area contributed by atoms with Crippen LogP contribution in [-0.2, 0) is 0 Å². The number of benzene rings is 1. The summed E-state index contributed by atoms with van der Waals surface area (Å²) in [7, 11) is 0. The first-order chi connectivity index (χ1) is 8.63. The normalized spacial score (nSPS) is 18.8. The second-order valence-corrected chi connectivity index (χ2v) is 4.72. The molecule has 2 rings (SSSR count). The fraction of sp³-hybridized carbons (Fsp3) is 0.500. The molecule has 1 fully saturated rings. The van der Waals surface area contributed by atoms with Crippen molar-refractivity contribution in [2.24, 2.45) is 0 Å². The van der Waals surface area contributed by atoms with Crippen LogP contribution in [-0.4, -0.2) is 42.9 Å². The van der Waals surface area contributed by atoms with E-state index < -0.39 is 24.3 Å². The van der Waals surface area contributed by atoms with E-state index in [0.29, 0.717) is 13.1 Å². The summed E-state index contributed by atoms with van der Waals surface area (Å²) in [6.07, 6.45) is 0. The molecular formula is C12H15ClF2N2O. The molecule has 0 aliphatic carbocycles. The maximum absolute atomic E-state index is 13.4. The molecule has 0 unspecified atom stereocenters. The summed E-state index contributed by atoms with van der Waals surface area (Å²) >= 11 is 5.76. The number of hydrogen-bond donors (Lipinski definition) is 2. The predicted octanol–water partition coefficient (Wildman–Crippen LogP) is 2.10. The van der Waals surface area contributed by atoms with E-state index >= 15 is 0 Å². The Morgan fingerprint density at radius 2 is 2.06 bits per heavy atom. The first-order valence-corrected chi connectivity index (χ1v) is 6.20. The van der Waals surface area contributed by atoms with Crippen LogP contribution in [0.1, 0.15) is 11.6 Å². The molecule has 6 heteroatoms. The van der Waals surface area contributed by atoms with Crippen molar-refractivity contribution in [3.8, 4) is 5.75 Å². The van der Waals surface area contributed by atoms with E-state index in [1.165, 1.54) is 6.07 Å². The van der Waals surface area contributed by atoms with E-state index in [2.05, 4.69) is 5.32 Å². The Morgan fingerprint density at radius 1 is 1.39 bits per heavy atom. The van der Waals surface area contributed by atoms with E-state index in [4.69, 9.17) is 11.6 Å².